The van der Waals surface area contributed by atoms with Crippen LogP contribution in [0.5, 0.6) is 11.5 Å². The molecule has 0 bridgehead atoms. The number of thioether (sulfide) groups is 1. The third-order valence-electron chi connectivity index (χ3n) is 6.68. The van der Waals surface area contributed by atoms with E-state index in [1.165, 1.54) is 28.1 Å². The van der Waals surface area contributed by atoms with Gasteiger partial charge in [0.05, 0.1) is 12.0 Å². The summed E-state index contributed by atoms with van der Waals surface area (Å²) in [6.07, 6.45) is 5.34. The summed E-state index contributed by atoms with van der Waals surface area (Å²) in [5.41, 5.74) is 4.92. The van der Waals surface area contributed by atoms with Gasteiger partial charge in [-0.2, -0.15) is 0 Å². The lowest BCUT2D eigenvalue weighted by Crippen LogP contribution is -2.30. The topological polar surface area (TPSA) is 59.6 Å². The average Bonchev–Trinajstić information content (AvgIpc) is 3.30. The van der Waals surface area contributed by atoms with Crippen LogP contribution in [0.2, 0.25) is 0 Å². The van der Waals surface area contributed by atoms with Crippen LogP contribution in [0.4, 0.5) is 5.69 Å². The molecule has 0 radical (unpaired) electrons. The number of rotatable bonds is 10. The number of amides is 1. The van der Waals surface area contributed by atoms with E-state index in [2.05, 4.69) is 60.5 Å². The van der Waals surface area contributed by atoms with Crippen LogP contribution < -0.4 is 20.1 Å². The number of fused-ring (bicyclic) bond motifs is 1. The second-order valence-corrected chi connectivity index (χ2v) is 10.5. The van der Waals surface area contributed by atoms with Gasteiger partial charge in [0.1, 0.15) is 6.61 Å². The number of benzene rings is 4. The van der Waals surface area contributed by atoms with Gasteiger partial charge in [-0.05, 0) is 70.6 Å². The Hall–Kier alpha value is -4.16. The van der Waals surface area contributed by atoms with Crippen molar-refractivity contribution in [3.63, 3.8) is 0 Å². The molecule has 0 aliphatic carbocycles. The van der Waals surface area contributed by atoms with Crippen LogP contribution in [0.1, 0.15) is 29.2 Å². The highest BCUT2D eigenvalue weighted by molar-refractivity contribution is 8.05. The van der Waals surface area contributed by atoms with Crippen molar-refractivity contribution in [3.05, 3.63) is 119 Å². The van der Waals surface area contributed by atoms with E-state index in [0.29, 0.717) is 29.4 Å². The summed E-state index contributed by atoms with van der Waals surface area (Å²) in [4.78, 5) is 13.4. The van der Waals surface area contributed by atoms with Gasteiger partial charge < -0.3 is 20.1 Å². The molecule has 1 saturated heterocycles. The molecule has 198 valence electrons. The fraction of sp³-hybridized carbons (Fsp3) is 0.182. The molecule has 1 atom stereocenters. The van der Waals surface area contributed by atoms with E-state index < -0.39 is 0 Å². The summed E-state index contributed by atoms with van der Waals surface area (Å²) >= 11 is 1.46. The highest BCUT2D eigenvalue weighted by atomic mass is 32.2. The van der Waals surface area contributed by atoms with Crippen molar-refractivity contribution in [1.29, 1.82) is 0 Å². The van der Waals surface area contributed by atoms with E-state index >= 15 is 0 Å². The van der Waals surface area contributed by atoms with Gasteiger partial charge in [-0.1, -0.05) is 79.4 Å². The number of hydrogen-bond donors (Lipinski definition) is 2. The molecule has 1 aliphatic heterocycles. The summed E-state index contributed by atoms with van der Waals surface area (Å²) in [5.74, 6) is 1.20. The first kappa shape index (κ1) is 26.4. The normalized spacial score (nSPS) is 15.8. The lowest BCUT2D eigenvalue weighted by atomic mass is 10.0. The third kappa shape index (κ3) is 6.13. The number of hydrogen-bond acceptors (Lipinski definition) is 5. The van der Waals surface area contributed by atoms with Crippen LogP contribution >= 0.6 is 11.8 Å². The van der Waals surface area contributed by atoms with Crippen molar-refractivity contribution < 1.29 is 14.3 Å². The predicted molar refractivity (Wildman–Crippen MR) is 162 cm³/mol. The maximum absolute atomic E-state index is 12.8. The van der Waals surface area contributed by atoms with E-state index in [0.717, 1.165) is 28.8 Å². The third-order valence-corrected chi connectivity index (χ3v) is 7.71. The molecule has 1 heterocycles. The lowest BCUT2D eigenvalue weighted by Gasteiger charge is -2.17. The molecule has 1 amide bonds. The van der Waals surface area contributed by atoms with Crippen LogP contribution in [-0.4, -0.2) is 18.5 Å². The number of aryl methyl sites for hydroxylation is 1. The molecule has 4 aromatic carbocycles. The number of carbonyl (C=O) groups excluding carboxylic acids is 1. The molecule has 0 aromatic heterocycles. The first-order valence-electron chi connectivity index (χ1n) is 13.0. The van der Waals surface area contributed by atoms with Gasteiger partial charge in [0.25, 0.3) is 5.91 Å². The standard InChI is InChI=1S/C33H32N2O3S/c1-4-9-25-18-23(20-30-32(36)35-33(39-30)34-27-16-14-22(5-2)15-17-27)19-29(37-3)31(25)38-21-26-12-8-11-24-10-6-7-13-28(24)26/h4,6-8,10-20,33-34H,1,5,9,21H2,2-3H3,(H,35,36)/b30-20-/t33-/m0/s1. The monoisotopic (exact) mass is 536 g/mol. The fourth-order valence-electron chi connectivity index (χ4n) is 4.66. The summed E-state index contributed by atoms with van der Waals surface area (Å²) in [7, 11) is 1.63. The molecule has 2 N–H and O–H groups in total. The molecule has 6 heteroatoms. The quantitative estimate of drug-likeness (QED) is 0.164. The Labute approximate surface area is 233 Å². The van der Waals surface area contributed by atoms with E-state index in [1.807, 2.05) is 54.6 Å². The summed E-state index contributed by atoms with van der Waals surface area (Å²) in [5, 5.41) is 8.73. The van der Waals surface area contributed by atoms with Gasteiger partial charge >= 0.3 is 0 Å². The SMILES string of the molecule is C=CCc1cc(/C=C2\S[C@@H](Nc3ccc(CC)cc3)NC2=O)cc(OC)c1OCc1cccc2ccccc12. The van der Waals surface area contributed by atoms with Crippen molar-refractivity contribution in [2.75, 3.05) is 12.4 Å². The van der Waals surface area contributed by atoms with Gasteiger partial charge in [0.2, 0.25) is 0 Å². The van der Waals surface area contributed by atoms with Crippen molar-refractivity contribution >= 4 is 40.2 Å². The zero-order chi connectivity index (χ0) is 27.2. The largest absolute Gasteiger partial charge is 0.493 e. The Balaban J connectivity index is 1.36. The van der Waals surface area contributed by atoms with Crippen LogP contribution in [0.25, 0.3) is 16.8 Å². The average molecular weight is 537 g/mol. The van der Waals surface area contributed by atoms with Crippen molar-refractivity contribution in [2.24, 2.45) is 0 Å². The molecule has 5 nitrogen and oxygen atoms in total. The van der Waals surface area contributed by atoms with E-state index in [4.69, 9.17) is 9.47 Å². The Kier molecular flexibility index (Phi) is 8.23. The highest BCUT2D eigenvalue weighted by Gasteiger charge is 2.27. The van der Waals surface area contributed by atoms with Gasteiger partial charge in [-0.15, -0.1) is 6.58 Å². The first-order chi connectivity index (χ1) is 19.1. The van der Waals surface area contributed by atoms with Crippen molar-refractivity contribution in [2.45, 2.75) is 31.9 Å². The van der Waals surface area contributed by atoms with E-state index in [1.54, 1.807) is 7.11 Å². The van der Waals surface area contributed by atoms with Gasteiger partial charge in [0, 0.05) is 11.3 Å². The molecule has 1 aliphatic rings. The van der Waals surface area contributed by atoms with E-state index in [-0.39, 0.29) is 11.4 Å². The van der Waals surface area contributed by atoms with Crippen LogP contribution in [0.15, 0.2) is 96.4 Å². The molecule has 1 fully saturated rings. The Morgan fingerprint density at radius 1 is 1.03 bits per heavy atom. The summed E-state index contributed by atoms with van der Waals surface area (Å²) in [6, 6.07) is 26.7. The Morgan fingerprint density at radius 2 is 1.82 bits per heavy atom. The zero-order valence-electron chi connectivity index (χ0n) is 22.2. The first-order valence-corrected chi connectivity index (χ1v) is 13.9. The maximum Gasteiger partial charge on any atom is 0.260 e. The maximum atomic E-state index is 12.8. The number of allylic oxidation sites excluding steroid dienone is 1. The number of carbonyl (C=O) groups is 1. The Bertz CT molecular complexity index is 1520. The Morgan fingerprint density at radius 3 is 2.59 bits per heavy atom. The lowest BCUT2D eigenvalue weighted by molar-refractivity contribution is -0.116. The smallest absolute Gasteiger partial charge is 0.260 e. The van der Waals surface area contributed by atoms with Crippen LogP contribution in [0, 0.1) is 0 Å². The molecule has 39 heavy (non-hydrogen) atoms. The number of ether oxygens (including phenoxy) is 2. The number of nitrogens with one attached hydrogen (secondary N) is 2. The minimum atomic E-state index is -0.242. The second-order valence-electron chi connectivity index (χ2n) is 9.31. The second kappa shape index (κ2) is 12.1. The van der Waals surface area contributed by atoms with Gasteiger partial charge in [-0.25, -0.2) is 0 Å². The zero-order valence-corrected chi connectivity index (χ0v) is 23.0. The molecule has 0 unspecified atom stereocenters. The highest BCUT2D eigenvalue weighted by Crippen LogP contribution is 2.37. The molecule has 0 spiro atoms. The number of methoxy groups -OCH3 is 1. The van der Waals surface area contributed by atoms with Crippen molar-refractivity contribution in [3.8, 4) is 11.5 Å². The predicted octanol–water partition coefficient (Wildman–Crippen LogP) is 7.32. The molecular weight excluding hydrogens is 504 g/mol. The van der Waals surface area contributed by atoms with Crippen molar-refractivity contribution in [1.82, 2.24) is 5.32 Å². The minimum Gasteiger partial charge on any atom is -0.493 e. The molecule has 5 rings (SSSR count). The molecule has 0 saturated carbocycles. The van der Waals surface area contributed by atoms with E-state index in [9.17, 15) is 4.79 Å². The molecular formula is C33H32N2O3S. The minimum absolute atomic E-state index is 0.108. The fourth-order valence-corrected chi connectivity index (χ4v) is 5.65. The summed E-state index contributed by atoms with van der Waals surface area (Å²) in [6.45, 7) is 6.47. The van der Waals surface area contributed by atoms with Crippen LogP contribution in [-0.2, 0) is 24.2 Å². The summed E-state index contributed by atoms with van der Waals surface area (Å²) < 4.78 is 12.1. The number of anilines is 1. The van der Waals surface area contributed by atoms with Gasteiger partial charge in [-0.3, -0.25) is 4.79 Å². The van der Waals surface area contributed by atoms with Crippen LogP contribution in [0.3, 0.4) is 0 Å². The molecule has 4 aromatic rings. The van der Waals surface area contributed by atoms with Gasteiger partial charge in [0.15, 0.2) is 17.0 Å².